The molecule has 23 heavy (non-hydrogen) atoms. The van der Waals surface area contributed by atoms with Crippen molar-refractivity contribution < 1.29 is 9.26 Å². The van der Waals surface area contributed by atoms with Gasteiger partial charge in [0.25, 0.3) is 0 Å². The normalized spacial score (nSPS) is 10.8. The maximum absolute atomic E-state index is 5.55. The highest BCUT2D eigenvalue weighted by Gasteiger charge is 2.15. The second kappa shape index (κ2) is 6.50. The summed E-state index contributed by atoms with van der Waals surface area (Å²) in [4.78, 5) is 1.24. The van der Waals surface area contributed by atoms with Crippen LogP contribution in [0.15, 0.2) is 52.0 Å². The van der Waals surface area contributed by atoms with Crippen molar-refractivity contribution in [3.05, 3.63) is 53.7 Å². The van der Waals surface area contributed by atoms with Crippen LogP contribution in [0.1, 0.15) is 11.1 Å². The molecule has 1 aromatic heterocycles. The minimum Gasteiger partial charge on any atom is -0.496 e. The highest BCUT2D eigenvalue weighted by atomic mass is 32.2. The van der Waals surface area contributed by atoms with Crippen LogP contribution in [-0.4, -0.2) is 18.5 Å². The molecule has 3 nitrogen and oxygen atoms in total. The summed E-state index contributed by atoms with van der Waals surface area (Å²) in [6.07, 6.45) is 3.84. The smallest absolute Gasteiger partial charge is 0.174 e. The second-order valence-corrected chi connectivity index (χ2v) is 6.30. The van der Waals surface area contributed by atoms with Crippen LogP contribution in [0.4, 0.5) is 0 Å². The molecule has 0 aliphatic carbocycles. The van der Waals surface area contributed by atoms with Crippen LogP contribution in [-0.2, 0) is 0 Å². The SMILES string of the molecule is COc1cc(-c2oncc2-c2ccc(SC)cc2)cc(C)c1C. The van der Waals surface area contributed by atoms with E-state index in [1.807, 2.05) is 6.07 Å². The number of hydrogen-bond donors (Lipinski definition) is 0. The third-order valence-corrected chi connectivity index (χ3v) is 4.82. The third kappa shape index (κ3) is 2.99. The second-order valence-electron chi connectivity index (χ2n) is 5.42. The number of ether oxygens (including phenoxy) is 1. The van der Waals surface area contributed by atoms with E-state index in [9.17, 15) is 0 Å². The van der Waals surface area contributed by atoms with E-state index in [1.165, 1.54) is 10.5 Å². The Kier molecular flexibility index (Phi) is 4.44. The number of thioether (sulfide) groups is 1. The van der Waals surface area contributed by atoms with Crippen molar-refractivity contribution in [1.82, 2.24) is 5.16 Å². The van der Waals surface area contributed by atoms with Crippen LogP contribution in [0.25, 0.3) is 22.5 Å². The Labute approximate surface area is 140 Å². The number of aromatic nitrogens is 1. The van der Waals surface area contributed by atoms with Gasteiger partial charge in [-0.1, -0.05) is 17.3 Å². The van der Waals surface area contributed by atoms with E-state index in [-0.39, 0.29) is 0 Å². The van der Waals surface area contributed by atoms with Gasteiger partial charge in [0.1, 0.15) is 5.75 Å². The largest absolute Gasteiger partial charge is 0.496 e. The fourth-order valence-electron chi connectivity index (χ4n) is 2.59. The lowest BCUT2D eigenvalue weighted by atomic mass is 9.99. The molecule has 0 aliphatic rings. The lowest BCUT2D eigenvalue weighted by Gasteiger charge is -2.10. The number of aryl methyl sites for hydroxylation is 1. The van der Waals surface area contributed by atoms with Gasteiger partial charge in [0, 0.05) is 16.0 Å². The minimum absolute atomic E-state index is 0.767. The fourth-order valence-corrected chi connectivity index (χ4v) is 3.00. The van der Waals surface area contributed by atoms with E-state index in [1.54, 1.807) is 25.1 Å². The van der Waals surface area contributed by atoms with Gasteiger partial charge >= 0.3 is 0 Å². The van der Waals surface area contributed by atoms with E-state index >= 15 is 0 Å². The summed E-state index contributed by atoms with van der Waals surface area (Å²) in [6.45, 7) is 4.13. The lowest BCUT2D eigenvalue weighted by Crippen LogP contribution is -1.92. The molecule has 0 saturated carbocycles. The minimum atomic E-state index is 0.767. The summed E-state index contributed by atoms with van der Waals surface area (Å²) in [6, 6.07) is 12.5. The molecule has 3 aromatic rings. The van der Waals surface area contributed by atoms with E-state index in [0.29, 0.717) is 0 Å². The number of hydrogen-bond acceptors (Lipinski definition) is 4. The predicted octanol–water partition coefficient (Wildman–Crippen LogP) is 5.36. The summed E-state index contributed by atoms with van der Waals surface area (Å²) in [5.74, 6) is 1.63. The molecule has 0 N–H and O–H groups in total. The maximum Gasteiger partial charge on any atom is 0.174 e. The molecule has 2 aromatic carbocycles. The van der Waals surface area contributed by atoms with Gasteiger partial charge in [0.15, 0.2) is 5.76 Å². The van der Waals surface area contributed by atoms with Crippen LogP contribution < -0.4 is 4.74 Å². The molecule has 3 rings (SSSR count). The molecule has 118 valence electrons. The van der Waals surface area contributed by atoms with Gasteiger partial charge < -0.3 is 9.26 Å². The first-order chi connectivity index (χ1) is 11.1. The van der Waals surface area contributed by atoms with Gasteiger partial charge in [-0.25, -0.2) is 0 Å². The number of rotatable bonds is 4. The molecule has 0 radical (unpaired) electrons. The van der Waals surface area contributed by atoms with Gasteiger partial charge in [0.2, 0.25) is 0 Å². The first-order valence-corrected chi connectivity index (χ1v) is 8.61. The van der Waals surface area contributed by atoms with Crippen molar-refractivity contribution in [2.75, 3.05) is 13.4 Å². The topological polar surface area (TPSA) is 35.3 Å². The van der Waals surface area contributed by atoms with Crippen molar-refractivity contribution in [2.45, 2.75) is 18.7 Å². The standard InChI is InChI=1S/C19H19NO2S/c1-12-9-15(10-18(21-3)13(12)2)19-17(11-20-22-19)14-5-7-16(23-4)8-6-14/h5-11H,1-4H3. The quantitative estimate of drug-likeness (QED) is 0.605. The molecular weight excluding hydrogens is 306 g/mol. The van der Waals surface area contributed by atoms with Crippen molar-refractivity contribution in [3.63, 3.8) is 0 Å². The van der Waals surface area contributed by atoms with Gasteiger partial charge in [-0.3, -0.25) is 0 Å². The molecule has 0 saturated heterocycles. The molecule has 0 fully saturated rings. The summed E-state index contributed by atoms with van der Waals surface area (Å²) in [7, 11) is 1.69. The molecule has 0 unspecified atom stereocenters. The lowest BCUT2D eigenvalue weighted by molar-refractivity contribution is 0.410. The van der Waals surface area contributed by atoms with E-state index < -0.39 is 0 Å². The summed E-state index contributed by atoms with van der Waals surface area (Å²) >= 11 is 1.73. The van der Waals surface area contributed by atoms with Gasteiger partial charge in [0.05, 0.1) is 13.3 Å². The Morgan fingerprint density at radius 3 is 2.43 bits per heavy atom. The molecular formula is C19H19NO2S. The van der Waals surface area contributed by atoms with Crippen LogP contribution >= 0.6 is 11.8 Å². The monoisotopic (exact) mass is 325 g/mol. The molecule has 0 amide bonds. The van der Waals surface area contributed by atoms with Crippen molar-refractivity contribution >= 4 is 11.8 Å². The highest BCUT2D eigenvalue weighted by molar-refractivity contribution is 7.98. The van der Waals surface area contributed by atoms with Crippen LogP contribution in [0.5, 0.6) is 5.75 Å². The molecule has 1 heterocycles. The zero-order chi connectivity index (χ0) is 16.4. The molecule has 4 heteroatoms. The predicted molar refractivity (Wildman–Crippen MR) is 95.2 cm³/mol. The van der Waals surface area contributed by atoms with Gasteiger partial charge in [-0.15, -0.1) is 11.8 Å². The Balaban J connectivity index is 2.09. The number of nitrogens with zero attached hydrogens (tertiary/aromatic N) is 1. The molecule has 0 atom stereocenters. The Morgan fingerprint density at radius 1 is 1.04 bits per heavy atom. The average Bonchev–Trinajstić information content (AvgIpc) is 3.07. The molecule has 0 bridgehead atoms. The Morgan fingerprint density at radius 2 is 1.78 bits per heavy atom. The summed E-state index contributed by atoms with van der Waals surface area (Å²) in [5.41, 5.74) is 5.37. The van der Waals surface area contributed by atoms with Crippen LogP contribution in [0.3, 0.4) is 0 Å². The van der Waals surface area contributed by atoms with Crippen molar-refractivity contribution in [3.8, 4) is 28.2 Å². The van der Waals surface area contributed by atoms with Crippen LogP contribution in [0, 0.1) is 13.8 Å². The van der Waals surface area contributed by atoms with Gasteiger partial charge in [-0.05, 0) is 61.1 Å². The average molecular weight is 325 g/mol. The fraction of sp³-hybridized carbons (Fsp3) is 0.211. The Hall–Kier alpha value is -2.20. The van der Waals surface area contributed by atoms with Crippen molar-refractivity contribution in [1.29, 1.82) is 0 Å². The van der Waals surface area contributed by atoms with E-state index in [4.69, 9.17) is 9.26 Å². The zero-order valence-corrected chi connectivity index (χ0v) is 14.5. The Bertz CT molecular complexity index is 822. The highest BCUT2D eigenvalue weighted by Crippen LogP contribution is 2.36. The van der Waals surface area contributed by atoms with E-state index in [0.717, 1.165) is 33.8 Å². The van der Waals surface area contributed by atoms with E-state index in [2.05, 4.69) is 55.6 Å². The number of benzene rings is 2. The molecule has 0 aliphatic heterocycles. The number of methoxy groups -OCH3 is 1. The van der Waals surface area contributed by atoms with Crippen LogP contribution in [0.2, 0.25) is 0 Å². The zero-order valence-electron chi connectivity index (χ0n) is 13.7. The van der Waals surface area contributed by atoms with Gasteiger partial charge in [-0.2, -0.15) is 0 Å². The molecule has 0 spiro atoms. The first kappa shape index (κ1) is 15.7. The third-order valence-electron chi connectivity index (χ3n) is 4.07. The maximum atomic E-state index is 5.55. The summed E-state index contributed by atoms with van der Waals surface area (Å²) < 4.78 is 11.0. The van der Waals surface area contributed by atoms with Crippen molar-refractivity contribution in [2.24, 2.45) is 0 Å². The first-order valence-electron chi connectivity index (χ1n) is 7.38. The summed E-state index contributed by atoms with van der Waals surface area (Å²) in [5, 5.41) is 4.00.